The van der Waals surface area contributed by atoms with Crippen LogP contribution in [-0.2, 0) is 7.05 Å². The SMILES string of the molecule is Cc1cc(C(=O)Nc2nc(C3CCNCC3)nn2C)c(F)cc1F.Cl. The van der Waals surface area contributed by atoms with Crippen LogP contribution >= 0.6 is 12.4 Å². The van der Waals surface area contributed by atoms with Gasteiger partial charge in [0.1, 0.15) is 11.6 Å². The number of piperidine rings is 1. The van der Waals surface area contributed by atoms with Crippen LogP contribution in [0.5, 0.6) is 0 Å². The lowest BCUT2D eigenvalue weighted by Crippen LogP contribution is -2.27. The molecule has 3 rings (SSSR count). The minimum atomic E-state index is -0.906. The maximum Gasteiger partial charge on any atom is 0.260 e. The molecule has 0 aliphatic carbocycles. The summed E-state index contributed by atoms with van der Waals surface area (Å²) in [5, 5.41) is 10.2. The highest BCUT2D eigenvalue weighted by molar-refractivity contribution is 6.03. The Labute approximate surface area is 150 Å². The number of carbonyl (C=O) groups is 1. The minimum Gasteiger partial charge on any atom is -0.317 e. The Balaban J connectivity index is 0.00000225. The van der Waals surface area contributed by atoms with Gasteiger partial charge in [0, 0.05) is 19.0 Å². The van der Waals surface area contributed by atoms with Crippen LogP contribution in [0, 0.1) is 18.6 Å². The maximum absolute atomic E-state index is 13.8. The second-order valence-corrected chi connectivity index (χ2v) is 5.98. The molecule has 2 aromatic rings. The van der Waals surface area contributed by atoms with Crippen molar-refractivity contribution in [3.05, 3.63) is 40.7 Å². The third kappa shape index (κ3) is 4.13. The normalized spacial score (nSPS) is 14.9. The quantitative estimate of drug-likeness (QED) is 0.869. The highest BCUT2D eigenvalue weighted by Crippen LogP contribution is 2.23. The fourth-order valence-electron chi connectivity index (χ4n) is 2.77. The number of benzene rings is 1. The minimum absolute atomic E-state index is 0. The maximum atomic E-state index is 13.8. The Hall–Kier alpha value is -2.06. The molecule has 1 aromatic carbocycles. The van der Waals surface area contributed by atoms with Crippen molar-refractivity contribution in [1.82, 2.24) is 20.1 Å². The molecular weight excluding hydrogens is 352 g/mol. The van der Waals surface area contributed by atoms with Crippen molar-refractivity contribution >= 4 is 24.3 Å². The Bertz CT molecular complexity index is 774. The van der Waals surface area contributed by atoms with Crippen molar-refractivity contribution in [3.63, 3.8) is 0 Å². The number of amides is 1. The Morgan fingerprint density at radius 3 is 2.64 bits per heavy atom. The monoisotopic (exact) mass is 371 g/mol. The summed E-state index contributed by atoms with van der Waals surface area (Å²) in [6, 6.07) is 1.89. The number of halogens is 3. The first-order valence-corrected chi connectivity index (χ1v) is 7.84. The van der Waals surface area contributed by atoms with Crippen molar-refractivity contribution in [2.45, 2.75) is 25.7 Å². The molecule has 0 saturated carbocycles. The zero-order valence-electron chi connectivity index (χ0n) is 14.0. The molecule has 1 aliphatic heterocycles. The fourth-order valence-corrected chi connectivity index (χ4v) is 2.77. The lowest BCUT2D eigenvalue weighted by molar-refractivity contribution is 0.102. The summed E-state index contributed by atoms with van der Waals surface area (Å²) in [5.41, 5.74) is -0.0183. The van der Waals surface area contributed by atoms with Crippen molar-refractivity contribution in [3.8, 4) is 0 Å². The number of carbonyl (C=O) groups excluding carboxylic acids is 1. The van der Waals surface area contributed by atoms with E-state index in [1.165, 1.54) is 17.7 Å². The first-order valence-electron chi connectivity index (χ1n) is 7.84. The van der Waals surface area contributed by atoms with Gasteiger partial charge in [-0.15, -0.1) is 12.4 Å². The zero-order chi connectivity index (χ0) is 17.3. The highest BCUT2D eigenvalue weighted by Gasteiger charge is 2.22. The van der Waals surface area contributed by atoms with Crippen LogP contribution in [-0.4, -0.2) is 33.8 Å². The molecule has 0 atom stereocenters. The van der Waals surface area contributed by atoms with Crippen LogP contribution in [0.4, 0.5) is 14.7 Å². The van der Waals surface area contributed by atoms with Gasteiger partial charge in [0.15, 0.2) is 5.82 Å². The van der Waals surface area contributed by atoms with E-state index in [2.05, 4.69) is 20.7 Å². The van der Waals surface area contributed by atoms with E-state index in [-0.39, 0.29) is 35.4 Å². The number of anilines is 1. The molecule has 2 heterocycles. The van der Waals surface area contributed by atoms with Gasteiger partial charge in [-0.25, -0.2) is 13.5 Å². The van der Waals surface area contributed by atoms with E-state index in [0.717, 1.165) is 25.9 Å². The Morgan fingerprint density at radius 1 is 1.28 bits per heavy atom. The molecule has 136 valence electrons. The largest absolute Gasteiger partial charge is 0.317 e. The molecule has 1 amide bonds. The smallest absolute Gasteiger partial charge is 0.260 e. The van der Waals surface area contributed by atoms with E-state index >= 15 is 0 Å². The fraction of sp³-hybridized carbons (Fsp3) is 0.438. The predicted octanol–water partition coefficient (Wildman–Crippen LogP) is 2.54. The van der Waals surface area contributed by atoms with Crippen LogP contribution in [0.15, 0.2) is 12.1 Å². The highest BCUT2D eigenvalue weighted by atomic mass is 35.5. The summed E-state index contributed by atoms with van der Waals surface area (Å²) in [6.07, 6.45) is 1.87. The molecule has 1 aliphatic rings. The first-order chi connectivity index (χ1) is 11.5. The topological polar surface area (TPSA) is 71.8 Å². The van der Waals surface area contributed by atoms with E-state index < -0.39 is 17.5 Å². The number of aryl methyl sites for hydroxylation is 2. The Kier molecular flexibility index (Phi) is 6.07. The van der Waals surface area contributed by atoms with Crippen LogP contribution in [0.1, 0.15) is 40.5 Å². The standard InChI is InChI=1S/C16H19F2N5O.ClH/c1-9-7-11(13(18)8-12(9)17)15(24)21-16-20-14(22-23(16)2)10-3-5-19-6-4-10;/h7-8,10,19H,3-6H2,1-2H3,(H,20,21,22,24);1H. The second-order valence-electron chi connectivity index (χ2n) is 5.98. The van der Waals surface area contributed by atoms with Gasteiger partial charge in [-0.2, -0.15) is 10.1 Å². The molecule has 6 nitrogen and oxygen atoms in total. The summed E-state index contributed by atoms with van der Waals surface area (Å²) < 4.78 is 28.6. The second kappa shape index (κ2) is 7.88. The van der Waals surface area contributed by atoms with Gasteiger partial charge in [0.25, 0.3) is 5.91 Å². The first kappa shape index (κ1) is 19.3. The lowest BCUT2D eigenvalue weighted by atomic mass is 9.98. The molecule has 1 saturated heterocycles. The number of nitrogens with one attached hydrogen (secondary N) is 2. The number of hydrogen-bond acceptors (Lipinski definition) is 4. The van der Waals surface area contributed by atoms with E-state index in [1.54, 1.807) is 7.05 Å². The van der Waals surface area contributed by atoms with Crippen LogP contribution in [0.2, 0.25) is 0 Å². The summed E-state index contributed by atoms with van der Waals surface area (Å²) >= 11 is 0. The third-order valence-electron chi connectivity index (χ3n) is 4.20. The molecule has 25 heavy (non-hydrogen) atoms. The van der Waals surface area contributed by atoms with Gasteiger partial charge in [-0.05, 0) is 44.5 Å². The van der Waals surface area contributed by atoms with E-state index in [9.17, 15) is 13.6 Å². The van der Waals surface area contributed by atoms with Crippen LogP contribution in [0.25, 0.3) is 0 Å². The third-order valence-corrected chi connectivity index (χ3v) is 4.20. The average molecular weight is 372 g/mol. The lowest BCUT2D eigenvalue weighted by Gasteiger charge is -2.19. The predicted molar refractivity (Wildman–Crippen MR) is 92.1 cm³/mol. The molecule has 1 fully saturated rings. The van der Waals surface area contributed by atoms with Gasteiger partial charge in [0.05, 0.1) is 5.56 Å². The average Bonchev–Trinajstić information content (AvgIpc) is 2.92. The van der Waals surface area contributed by atoms with E-state index in [0.29, 0.717) is 11.9 Å². The van der Waals surface area contributed by atoms with Gasteiger partial charge < -0.3 is 5.32 Å². The van der Waals surface area contributed by atoms with Crippen molar-refractivity contribution in [2.75, 3.05) is 18.4 Å². The molecule has 0 spiro atoms. The molecule has 0 bridgehead atoms. The van der Waals surface area contributed by atoms with Crippen LogP contribution in [0.3, 0.4) is 0 Å². The van der Waals surface area contributed by atoms with Gasteiger partial charge in [0.2, 0.25) is 5.95 Å². The van der Waals surface area contributed by atoms with Gasteiger partial charge in [-0.1, -0.05) is 0 Å². The summed E-state index contributed by atoms with van der Waals surface area (Å²) in [4.78, 5) is 16.6. The van der Waals surface area contributed by atoms with E-state index in [4.69, 9.17) is 0 Å². The van der Waals surface area contributed by atoms with Crippen LogP contribution < -0.4 is 10.6 Å². The van der Waals surface area contributed by atoms with Gasteiger partial charge >= 0.3 is 0 Å². The van der Waals surface area contributed by atoms with Crippen molar-refractivity contribution in [1.29, 1.82) is 0 Å². The molecular formula is C16H20ClF2N5O. The molecule has 2 N–H and O–H groups in total. The number of aromatic nitrogens is 3. The Morgan fingerprint density at radius 2 is 1.96 bits per heavy atom. The van der Waals surface area contributed by atoms with Gasteiger partial charge in [-0.3, -0.25) is 10.1 Å². The van der Waals surface area contributed by atoms with E-state index in [1.807, 2.05) is 0 Å². The summed E-state index contributed by atoms with van der Waals surface area (Å²) in [5.74, 6) is -1.11. The van der Waals surface area contributed by atoms with Crippen molar-refractivity contribution < 1.29 is 13.6 Å². The number of rotatable bonds is 3. The molecule has 1 aromatic heterocycles. The number of hydrogen-bond donors (Lipinski definition) is 2. The van der Waals surface area contributed by atoms with Crippen molar-refractivity contribution in [2.24, 2.45) is 7.05 Å². The summed E-state index contributed by atoms with van der Waals surface area (Å²) in [6.45, 7) is 3.29. The molecule has 0 unspecified atom stereocenters. The zero-order valence-corrected chi connectivity index (χ0v) is 14.8. The molecule has 9 heteroatoms. The molecule has 0 radical (unpaired) electrons. The summed E-state index contributed by atoms with van der Waals surface area (Å²) in [7, 11) is 1.67. The number of nitrogens with zero attached hydrogens (tertiary/aromatic N) is 3.